The van der Waals surface area contributed by atoms with E-state index in [9.17, 15) is 0 Å². The molecule has 4 heteroatoms. The highest BCUT2D eigenvalue weighted by molar-refractivity contribution is 5.80. The van der Waals surface area contributed by atoms with Crippen LogP contribution in [0.4, 0.5) is 0 Å². The van der Waals surface area contributed by atoms with E-state index in [-0.39, 0.29) is 0 Å². The first-order chi connectivity index (χ1) is 12.7. The second-order valence-electron chi connectivity index (χ2n) is 8.20. The first-order valence-electron chi connectivity index (χ1n) is 10.5. The van der Waals surface area contributed by atoms with Crippen LogP contribution >= 0.6 is 0 Å². The molecule has 0 bridgehead atoms. The largest absolute Gasteiger partial charge is 0.356 e. The van der Waals surface area contributed by atoms with E-state index >= 15 is 0 Å². The van der Waals surface area contributed by atoms with Crippen LogP contribution in [0, 0.1) is 5.41 Å². The van der Waals surface area contributed by atoms with Crippen LogP contribution in [-0.2, 0) is 6.42 Å². The molecule has 3 rings (SSSR count). The van der Waals surface area contributed by atoms with Crippen molar-refractivity contribution >= 4 is 5.96 Å². The number of unbranched alkanes of at least 4 members (excludes halogenated alkanes) is 1. The molecule has 1 aromatic rings. The summed E-state index contributed by atoms with van der Waals surface area (Å²) in [5, 5.41) is 7.27. The van der Waals surface area contributed by atoms with E-state index in [4.69, 9.17) is 0 Å². The van der Waals surface area contributed by atoms with Gasteiger partial charge in [0.1, 0.15) is 0 Å². The van der Waals surface area contributed by atoms with E-state index in [1.807, 2.05) is 7.05 Å². The van der Waals surface area contributed by atoms with Gasteiger partial charge in [0, 0.05) is 32.7 Å². The van der Waals surface area contributed by atoms with Crippen molar-refractivity contribution in [3.8, 4) is 0 Å². The summed E-state index contributed by atoms with van der Waals surface area (Å²) in [6.45, 7) is 6.99. The summed E-state index contributed by atoms with van der Waals surface area (Å²) in [5.41, 5.74) is 1.89. The first-order valence-corrected chi connectivity index (χ1v) is 10.5. The van der Waals surface area contributed by atoms with E-state index in [0.717, 1.165) is 12.5 Å². The Morgan fingerprint density at radius 3 is 2.54 bits per heavy atom. The third-order valence-corrected chi connectivity index (χ3v) is 5.99. The van der Waals surface area contributed by atoms with Crippen LogP contribution in [0.25, 0.3) is 0 Å². The zero-order chi connectivity index (χ0) is 18.2. The van der Waals surface area contributed by atoms with Gasteiger partial charge in [0.05, 0.1) is 0 Å². The number of likely N-dealkylation sites (tertiary alicyclic amines) is 1. The Kier molecular flexibility index (Phi) is 6.95. The summed E-state index contributed by atoms with van der Waals surface area (Å²) in [5.74, 6) is 0.983. The highest BCUT2D eigenvalue weighted by atomic mass is 15.2. The summed E-state index contributed by atoms with van der Waals surface area (Å²) in [6, 6.07) is 11.4. The number of nitrogens with zero attached hydrogens (tertiary/aromatic N) is 2. The highest BCUT2D eigenvalue weighted by Gasteiger charge is 2.42. The number of hydrogen-bond acceptors (Lipinski definition) is 2. The van der Waals surface area contributed by atoms with Crippen molar-refractivity contribution in [1.82, 2.24) is 15.5 Å². The fourth-order valence-electron chi connectivity index (χ4n) is 3.96. The zero-order valence-corrected chi connectivity index (χ0v) is 16.6. The van der Waals surface area contributed by atoms with Crippen LogP contribution in [0.1, 0.15) is 51.0 Å². The zero-order valence-electron chi connectivity index (χ0n) is 16.6. The van der Waals surface area contributed by atoms with Crippen molar-refractivity contribution in [1.29, 1.82) is 0 Å². The number of nitrogens with one attached hydrogen (secondary N) is 2. The van der Waals surface area contributed by atoms with Gasteiger partial charge < -0.3 is 15.5 Å². The number of aliphatic imine (C=N–C) groups is 1. The van der Waals surface area contributed by atoms with Crippen LogP contribution in [0.2, 0.25) is 0 Å². The standard InChI is InChI=1S/C22H36N4/c1-3-4-14-26-15-10-20(11-16-26)25-21(23-2)24-18-22(12-13-22)17-19-8-6-5-7-9-19/h5-9,20H,3-4,10-18H2,1-2H3,(H2,23,24,25). The lowest BCUT2D eigenvalue weighted by atomic mass is 9.96. The molecule has 0 atom stereocenters. The molecule has 1 aliphatic carbocycles. The molecule has 1 saturated carbocycles. The SMILES string of the molecule is CCCCN1CCC(NC(=NC)NCC2(Cc3ccccc3)CC2)CC1. The molecule has 0 aromatic heterocycles. The number of piperidine rings is 1. The molecule has 1 aliphatic heterocycles. The molecule has 0 unspecified atom stereocenters. The predicted octanol–water partition coefficient (Wildman–Crippen LogP) is 3.44. The summed E-state index contributed by atoms with van der Waals surface area (Å²) >= 11 is 0. The normalized spacial score (nSPS) is 20.8. The van der Waals surface area contributed by atoms with Gasteiger partial charge in [-0.05, 0) is 56.0 Å². The van der Waals surface area contributed by atoms with Crippen molar-refractivity contribution in [2.24, 2.45) is 10.4 Å². The van der Waals surface area contributed by atoms with Crippen molar-refractivity contribution in [3.63, 3.8) is 0 Å². The van der Waals surface area contributed by atoms with Crippen LogP contribution in [0.15, 0.2) is 35.3 Å². The minimum absolute atomic E-state index is 0.433. The van der Waals surface area contributed by atoms with Gasteiger partial charge in [0.25, 0.3) is 0 Å². The van der Waals surface area contributed by atoms with Crippen molar-refractivity contribution < 1.29 is 0 Å². The van der Waals surface area contributed by atoms with Crippen LogP contribution in [-0.4, -0.2) is 50.1 Å². The molecule has 2 fully saturated rings. The van der Waals surface area contributed by atoms with Crippen LogP contribution in [0.3, 0.4) is 0 Å². The van der Waals surface area contributed by atoms with Gasteiger partial charge in [-0.2, -0.15) is 0 Å². The smallest absolute Gasteiger partial charge is 0.191 e. The van der Waals surface area contributed by atoms with Gasteiger partial charge in [0.15, 0.2) is 5.96 Å². The van der Waals surface area contributed by atoms with E-state index in [0.29, 0.717) is 11.5 Å². The van der Waals surface area contributed by atoms with Crippen molar-refractivity contribution in [2.75, 3.05) is 33.2 Å². The fourth-order valence-corrected chi connectivity index (χ4v) is 3.96. The Labute approximate surface area is 159 Å². The maximum absolute atomic E-state index is 4.47. The van der Waals surface area contributed by atoms with Gasteiger partial charge in [-0.3, -0.25) is 4.99 Å². The van der Waals surface area contributed by atoms with Gasteiger partial charge in [-0.15, -0.1) is 0 Å². The van der Waals surface area contributed by atoms with Crippen LogP contribution < -0.4 is 10.6 Å². The summed E-state index contributed by atoms with van der Waals surface area (Å²) in [4.78, 5) is 7.08. The topological polar surface area (TPSA) is 39.7 Å². The maximum atomic E-state index is 4.47. The Balaban J connectivity index is 1.40. The van der Waals surface area contributed by atoms with Gasteiger partial charge in [-0.25, -0.2) is 0 Å². The van der Waals surface area contributed by atoms with E-state index in [1.54, 1.807) is 0 Å². The quantitative estimate of drug-likeness (QED) is 0.554. The third-order valence-electron chi connectivity index (χ3n) is 5.99. The average molecular weight is 357 g/mol. The first kappa shape index (κ1) is 19.2. The number of guanidine groups is 1. The molecule has 0 spiro atoms. The monoisotopic (exact) mass is 356 g/mol. The predicted molar refractivity (Wildman–Crippen MR) is 111 cm³/mol. The maximum Gasteiger partial charge on any atom is 0.191 e. The minimum Gasteiger partial charge on any atom is -0.356 e. The second kappa shape index (κ2) is 9.40. The molecule has 0 radical (unpaired) electrons. The number of rotatable bonds is 8. The van der Waals surface area contributed by atoms with Gasteiger partial charge >= 0.3 is 0 Å². The second-order valence-corrected chi connectivity index (χ2v) is 8.20. The van der Waals surface area contributed by atoms with Crippen molar-refractivity contribution in [3.05, 3.63) is 35.9 Å². The molecule has 4 nitrogen and oxygen atoms in total. The van der Waals surface area contributed by atoms with Gasteiger partial charge in [0.2, 0.25) is 0 Å². The molecule has 1 aromatic carbocycles. The van der Waals surface area contributed by atoms with Crippen LogP contribution in [0.5, 0.6) is 0 Å². The average Bonchev–Trinajstić information content (AvgIpc) is 3.45. The number of benzene rings is 1. The number of hydrogen-bond donors (Lipinski definition) is 2. The summed E-state index contributed by atoms with van der Waals surface area (Å²) in [7, 11) is 1.89. The fraction of sp³-hybridized carbons (Fsp3) is 0.682. The van der Waals surface area contributed by atoms with E-state index in [1.165, 1.54) is 70.1 Å². The molecular weight excluding hydrogens is 320 g/mol. The molecule has 144 valence electrons. The van der Waals surface area contributed by atoms with E-state index < -0.39 is 0 Å². The summed E-state index contributed by atoms with van der Waals surface area (Å²) < 4.78 is 0. The molecule has 2 N–H and O–H groups in total. The Bertz CT molecular complexity index is 557. The lowest BCUT2D eigenvalue weighted by Crippen LogP contribution is -2.49. The molecule has 0 amide bonds. The summed E-state index contributed by atoms with van der Waals surface area (Å²) in [6.07, 6.45) is 8.88. The van der Waals surface area contributed by atoms with E-state index in [2.05, 4.69) is 57.8 Å². The third kappa shape index (κ3) is 5.73. The lowest BCUT2D eigenvalue weighted by Gasteiger charge is -2.33. The Morgan fingerprint density at radius 2 is 1.92 bits per heavy atom. The Morgan fingerprint density at radius 1 is 1.19 bits per heavy atom. The highest BCUT2D eigenvalue weighted by Crippen LogP contribution is 2.47. The van der Waals surface area contributed by atoms with Gasteiger partial charge in [-0.1, -0.05) is 43.7 Å². The Hall–Kier alpha value is -1.55. The lowest BCUT2D eigenvalue weighted by molar-refractivity contribution is 0.203. The molecule has 26 heavy (non-hydrogen) atoms. The molecule has 1 saturated heterocycles. The molecule has 2 aliphatic rings. The molecular formula is C22H36N4. The molecule has 1 heterocycles. The minimum atomic E-state index is 0.433. The van der Waals surface area contributed by atoms with Crippen molar-refractivity contribution in [2.45, 2.75) is 57.9 Å².